The highest BCUT2D eigenvalue weighted by atomic mass is 16.5. The van der Waals surface area contributed by atoms with Crippen LogP contribution in [0.1, 0.15) is 66.4 Å². The van der Waals surface area contributed by atoms with Gasteiger partial charge in [-0.15, -0.1) is 0 Å². The third-order valence-corrected chi connectivity index (χ3v) is 7.95. The van der Waals surface area contributed by atoms with E-state index >= 15 is 0 Å². The van der Waals surface area contributed by atoms with Crippen molar-refractivity contribution in [3.05, 3.63) is 65.5 Å². The summed E-state index contributed by atoms with van der Waals surface area (Å²) in [7, 11) is 1.66. The molecule has 0 spiro atoms. The van der Waals surface area contributed by atoms with Crippen LogP contribution in [0.5, 0.6) is 5.75 Å². The first kappa shape index (κ1) is 24.3. The first-order valence-electron chi connectivity index (χ1n) is 13.2. The van der Waals surface area contributed by atoms with E-state index in [-0.39, 0.29) is 11.8 Å². The Morgan fingerprint density at radius 1 is 0.972 bits per heavy atom. The van der Waals surface area contributed by atoms with Gasteiger partial charge in [-0.05, 0) is 79.3 Å². The average molecular weight is 489 g/mol. The lowest BCUT2D eigenvalue weighted by Gasteiger charge is -2.32. The van der Waals surface area contributed by atoms with Crippen molar-refractivity contribution in [2.24, 2.45) is 5.92 Å². The van der Waals surface area contributed by atoms with E-state index < -0.39 is 0 Å². The number of carbonyl (C=O) groups is 2. The van der Waals surface area contributed by atoms with Crippen LogP contribution in [0.2, 0.25) is 0 Å². The number of likely N-dealkylation sites (tertiary alicyclic amines) is 2. The molecular weight excluding hydrogens is 452 g/mol. The van der Waals surface area contributed by atoms with Gasteiger partial charge in [0.25, 0.3) is 5.91 Å². The monoisotopic (exact) mass is 488 g/mol. The summed E-state index contributed by atoms with van der Waals surface area (Å²) in [5.74, 6) is 2.21. The standard InChI is InChI=1S/C29H36N4O3/c1-21-9-14-32(15-10-21)29(35)26-20-30-33-18-13-24(19-27(26)33)23-11-16-31(17-12-23)28(34)8-5-22-3-6-25(36-2)7-4-22/h3-4,6-7,13,18-21,23H,5,8-12,14-17H2,1-2H3. The number of piperidine rings is 2. The minimum Gasteiger partial charge on any atom is -0.497 e. The summed E-state index contributed by atoms with van der Waals surface area (Å²) < 4.78 is 7.01. The number of hydrogen-bond acceptors (Lipinski definition) is 4. The van der Waals surface area contributed by atoms with E-state index in [1.54, 1.807) is 17.8 Å². The summed E-state index contributed by atoms with van der Waals surface area (Å²) >= 11 is 0. The Morgan fingerprint density at radius 2 is 1.67 bits per heavy atom. The molecule has 2 aliphatic rings. The zero-order valence-electron chi connectivity index (χ0n) is 21.4. The largest absolute Gasteiger partial charge is 0.497 e. The average Bonchev–Trinajstić information content (AvgIpc) is 3.35. The van der Waals surface area contributed by atoms with Gasteiger partial charge in [0, 0.05) is 38.8 Å². The zero-order chi connectivity index (χ0) is 25.1. The fraction of sp³-hybridized carbons (Fsp3) is 0.483. The van der Waals surface area contributed by atoms with Crippen molar-refractivity contribution in [2.75, 3.05) is 33.3 Å². The topological polar surface area (TPSA) is 67.2 Å². The van der Waals surface area contributed by atoms with Gasteiger partial charge in [0.2, 0.25) is 5.91 Å². The number of benzene rings is 1. The molecule has 0 saturated carbocycles. The first-order chi connectivity index (χ1) is 17.5. The van der Waals surface area contributed by atoms with Crippen LogP contribution in [0.15, 0.2) is 48.8 Å². The molecule has 1 aromatic carbocycles. The molecule has 7 nitrogen and oxygen atoms in total. The molecule has 2 saturated heterocycles. The van der Waals surface area contributed by atoms with Crippen LogP contribution in [-0.4, -0.2) is 64.5 Å². The third kappa shape index (κ3) is 5.25. The van der Waals surface area contributed by atoms with E-state index in [0.29, 0.717) is 23.8 Å². The second-order valence-corrected chi connectivity index (χ2v) is 10.3. The molecule has 4 heterocycles. The maximum absolute atomic E-state index is 13.2. The van der Waals surface area contributed by atoms with Gasteiger partial charge in [0.05, 0.1) is 24.4 Å². The molecule has 0 bridgehead atoms. The molecule has 0 radical (unpaired) electrons. The van der Waals surface area contributed by atoms with Crippen LogP contribution >= 0.6 is 0 Å². The first-order valence-corrected chi connectivity index (χ1v) is 13.2. The number of methoxy groups -OCH3 is 1. The van der Waals surface area contributed by atoms with Crippen LogP contribution in [0.25, 0.3) is 5.52 Å². The number of aromatic nitrogens is 2. The predicted octanol–water partition coefficient (Wildman–Crippen LogP) is 4.55. The normalized spacial score (nSPS) is 17.5. The molecule has 0 atom stereocenters. The lowest BCUT2D eigenvalue weighted by atomic mass is 9.89. The van der Waals surface area contributed by atoms with Crippen molar-refractivity contribution in [3.8, 4) is 5.75 Å². The maximum atomic E-state index is 13.2. The molecule has 0 N–H and O–H groups in total. The van der Waals surface area contributed by atoms with E-state index in [2.05, 4.69) is 24.2 Å². The molecule has 0 unspecified atom stereocenters. The molecule has 7 heteroatoms. The Bertz CT molecular complexity index is 1200. The van der Waals surface area contributed by atoms with Crippen molar-refractivity contribution >= 4 is 17.3 Å². The van der Waals surface area contributed by atoms with E-state index in [9.17, 15) is 9.59 Å². The number of ether oxygens (including phenoxy) is 1. The number of nitrogens with zero attached hydrogens (tertiary/aromatic N) is 4. The Balaban J connectivity index is 1.19. The summed E-state index contributed by atoms with van der Waals surface area (Å²) in [6.07, 6.45) is 8.95. The second-order valence-electron chi connectivity index (χ2n) is 10.3. The number of rotatable bonds is 6. The Morgan fingerprint density at radius 3 is 2.36 bits per heavy atom. The minimum absolute atomic E-state index is 0.0892. The molecule has 5 rings (SSSR count). The van der Waals surface area contributed by atoms with Gasteiger partial charge in [0.15, 0.2) is 0 Å². The highest BCUT2D eigenvalue weighted by molar-refractivity contribution is 6.00. The Kier molecular flexibility index (Phi) is 7.25. The van der Waals surface area contributed by atoms with Crippen LogP contribution in [0.4, 0.5) is 0 Å². The minimum atomic E-state index is 0.0892. The SMILES string of the molecule is COc1ccc(CCC(=O)N2CCC(c3ccn4ncc(C(=O)N5CCC(C)CC5)c4c3)CC2)cc1. The van der Waals surface area contributed by atoms with Crippen LogP contribution in [0.3, 0.4) is 0 Å². The molecule has 2 fully saturated rings. The summed E-state index contributed by atoms with van der Waals surface area (Å²) in [4.78, 5) is 30.0. The summed E-state index contributed by atoms with van der Waals surface area (Å²) in [5.41, 5.74) is 3.96. The molecule has 3 aromatic rings. The number of pyridine rings is 1. The fourth-order valence-electron chi connectivity index (χ4n) is 5.46. The van der Waals surface area contributed by atoms with Gasteiger partial charge in [-0.1, -0.05) is 19.1 Å². The molecule has 2 amide bonds. The van der Waals surface area contributed by atoms with Crippen molar-refractivity contribution in [3.63, 3.8) is 0 Å². The summed E-state index contributed by atoms with van der Waals surface area (Å²) in [6, 6.07) is 12.2. The quantitative estimate of drug-likeness (QED) is 0.510. The molecule has 2 aromatic heterocycles. The summed E-state index contributed by atoms with van der Waals surface area (Å²) in [5, 5.41) is 4.44. The van der Waals surface area contributed by atoms with Gasteiger partial charge in [0.1, 0.15) is 5.75 Å². The maximum Gasteiger partial charge on any atom is 0.257 e. The van der Waals surface area contributed by atoms with Gasteiger partial charge in [-0.3, -0.25) is 9.59 Å². The van der Waals surface area contributed by atoms with Gasteiger partial charge in [-0.25, -0.2) is 4.52 Å². The van der Waals surface area contributed by atoms with Gasteiger partial charge >= 0.3 is 0 Å². The van der Waals surface area contributed by atoms with E-state index in [1.165, 1.54) is 5.56 Å². The van der Waals surface area contributed by atoms with Crippen molar-refractivity contribution in [1.82, 2.24) is 19.4 Å². The number of carbonyl (C=O) groups excluding carboxylic acids is 2. The van der Waals surface area contributed by atoms with Gasteiger partial charge < -0.3 is 14.5 Å². The number of aryl methyl sites for hydroxylation is 1. The van der Waals surface area contributed by atoms with Gasteiger partial charge in [-0.2, -0.15) is 5.10 Å². The third-order valence-electron chi connectivity index (χ3n) is 7.95. The van der Waals surface area contributed by atoms with E-state index in [0.717, 1.165) is 75.1 Å². The predicted molar refractivity (Wildman–Crippen MR) is 139 cm³/mol. The Hall–Kier alpha value is -3.35. The fourth-order valence-corrected chi connectivity index (χ4v) is 5.46. The lowest BCUT2D eigenvalue weighted by molar-refractivity contribution is -0.132. The van der Waals surface area contributed by atoms with Crippen molar-refractivity contribution in [2.45, 2.75) is 51.4 Å². The smallest absolute Gasteiger partial charge is 0.257 e. The highest BCUT2D eigenvalue weighted by Crippen LogP contribution is 2.30. The number of fused-ring (bicyclic) bond motifs is 1. The molecular formula is C29H36N4O3. The summed E-state index contributed by atoms with van der Waals surface area (Å²) in [6.45, 7) is 5.44. The van der Waals surface area contributed by atoms with E-state index in [4.69, 9.17) is 4.74 Å². The van der Waals surface area contributed by atoms with E-state index in [1.807, 2.05) is 40.3 Å². The molecule has 2 aliphatic heterocycles. The van der Waals surface area contributed by atoms with Crippen LogP contribution < -0.4 is 4.74 Å². The van der Waals surface area contributed by atoms with Crippen molar-refractivity contribution < 1.29 is 14.3 Å². The highest BCUT2D eigenvalue weighted by Gasteiger charge is 2.26. The van der Waals surface area contributed by atoms with Crippen molar-refractivity contribution in [1.29, 1.82) is 0 Å². The molecule has 36 heavy (non-hydrogen) atoms. The molecule has 190 valence electrons. The Labute approximate surface area is 213 Å². The lowest BCUT2D eigenvalue weighted by Crippen LogP contribution is -2.38. The zero-order valence-corrected chi connectivity index (χ0v) is 21.4. The van der Waals surface area contributed by atoms with Crippen LogP contribution in [0, 0.1) is 5.92 Å². The second kappa shape index (κ2) is 10.7. The number of amides is 2. The molecule has 0 aliphatic carbocycles. The number of hydrogen-bond donors (Lipinski definition) is 0. The van der Waals surface area contributed by atoms with Crippen LogP contribution in [-0.2, 0) is 11.2 Å².